The molecule has 0 radical (unpaired) electrons. The van der Waals surface area contributed by atoms with Gasteiger partial charge in [0.05, 0.1) is 0 Å². The summed E-state index contributed by atoms with van der Waals surface area (Å²) in [6.45, 7) is 23.9. The molecule has 168 valence electrons. The Kier molecular flexibility index (Phi) is 15.6. The predicted molar refractivity (Wildman–Crippen MR) is 134 cm³/mol. The van der Waals surface area contributed by atoms with Gasteiger partial charge in [-0.2, -0.15) is 0 Å². The summed E-state index contributed by atoms with van der Waals surface area (Å²) < 4.78 is 0. The molecule has 1 unspecified atom stereocenters. The molecule has 1 aliphatic rings. The fraction of sp³-hybridized carbons (Fsp3) is 0.952. The molecule has 0 aliphatic carbocycles. The minimum absolute atomic E-state index is 0. The topological polar surface area (TPSA) is 46.1 Å². The molecule has 0 aromatic carbocycles. The van der Waals surface area contributed by atoms with Crippen molar-refractivity contribution in [3.05, 3.63) is 0 Å². The van der Waals surface area contributed by atoms with Crippen LogP contribution >= 0.6 is 24.0 Å². The van der Waals surface area contributed by atoms with Crippen LogP contribution in [0.4, 0.5) is 0 Å². The normalized spacial score (nSPS) is 17.9. The second-order valence-electron chi connectivity index (χ2n) is 8.50. The van der Waals surface area contributed by atoms with Crippen LogP contribution in [0.25, 0.3) is 0 Å². The highest BCUT2D eigenvalue weighted by molar-refractivity contribution is 14.0. The van der Waals surface area contributed by atoms with Gasteiger partial charge in [0, 0.05) is 71.5 Å². The maximum Gasteiger partial charge on any atom is 0.190 e. The second-order valence-corrected chi connectivity index (χ2v) is 8.50. The van der Waals surface area contributed by atoms with Gasteiger partial charge < -0.3 is 20.4 Å². The summed E-state index contributed by atoms with van der Waals surface area (Å²) in [6.07, 6.45) is 1.13. The lowest BCUT2D eigenvalue weighted by Crippen LogP contribution is -2.48. The molecule has 28 heavy (non-hydrogen) atoms. The Balaban J connectivity index is 0.00000729. The first-order valence-electron chi connectivity index (χ1n) is 11.0. The largest absolute Gasteiger partial charge is 0.356 e. The van der Waals surface area contributed by atoms with E-state index in [9.17, 15) is 0 Å². The smallest absolute Gasteiger partial charge is 0.190 e. The van der Waals surface area contributed by atoms with Gasteiger partial charge in [-0.05, 0) is 46.6 Å². The van der Waals surface area contributed by atoms with Crippen LogP contribution in [0.2, 0.25) is 0 Å². The average molecular weight is 511 g/mol. The van der Waals surface area contributed by atoms with Crippen molar-refractivity contribution in [2.75, 3.05) is 66.0 Å². The van der Waals surface area contributed by atoms with Crippen molar-refractivity contribution in [1.29, 1.82) is 0 Å². The molecule has 1 rings (SSSR count). The van der Waals surface area contributed by atoms with Crippen LogP contribution in [0.15, 0.2) is 4.99 Å². The highest BCUT2D eigenvalue weighted by atomic mass is 127. The quantitative estimate of drug-likeness (QED) is 0.194. The van der Waals surface area contributed by atoms with Gasteiger partial charge in [0.25, 0.3) is 0 Å². The van der Waals surface area contributed by atoms with Crippen LogP contribution in [0.5, 0.6) is 0 Å². The zero-order valence-electron chi connectivity index (χ0n) is 19.5. The molecule has 2 N–H and O–H groups in total. The van der Waals surface area contributed by atoms with E-state index in [1.165, 1.54) is 39.3 Å². The maximum absolute atomic E-state index is 4.38. The van der Waals surface area contributed by atoms with Gasteiger partial charge in [0.2, 0.25) is 0 Å². The van der Waals surface area contributed by atoms with Gasteiger partial charge in [0.15, 0.2) is 5.96 Å². The monoisotopic (exact) mass is 510 g/mol. The number of likely N-dealkylation sites (N-methyl/N-ethyl adjacent to an activating group) is 1. The Labute approximate surface area is 191 Å². The Morgan fingerprint density at radius 3 is 2.04 bits per heavy atom. The highest BCUT2D eigenvalue weighted by Crippen LogP contribution is 2.06. The van der Waals surface area contributed by atoms with Gasteiger partial charge in [-0.25, -0.2) is 0 Å². The minimum atomic E-state index is 0. The van der Waals surface area contributed by atoms with E-state index >= 15 is 0 Å². The average Bonchev–Trinajstić information content (AvgIpc) is 2.64. The molecule has 0 aromatic heterocycles. The lowest BCUT2D eigenvalue weighted by atomic mass is 10.1. The zero-order chi connectivity index (χ0) is 20.2. The van der Waals surface area contributed by atoms with Gasteiger partial charge in [-0.1, -0.05) is 13.8 Å². The number of hydrogen-bond acceptors (Lipinski definition) is 4. The molecule has 1 aliphatic heterocycles. The first-order chi connectivity index (χ1) is 12.9. The number of hydrogen-bond donors (Lipinski definition) is 2. The molecule has 7 heteroatoms. The van der Waals surface area contributed by atoms with Crippen molar-refractivity contribution in [3.8, 4) is 0 Å². The molecule has 1 heterocycles. The summed E-state index contributed by atoms with van der Waals surface area (Å²) >= 11 is 0. The summed E-state index contributed by atoms with van der Waals surface area (Å²) in [6, 6.07) is 1.20. The zero-order valence-corrected chi connectivity index (χ0v) is 21.8. The van der Waals surface area contributed by atoms with E-state index in [4.69, 9.17) is 0 Å². The lowest BCUT2D eigenvalue weighted by Gasteiger charge is -2.35. The van der Waals surface area contributed by atoms with Crippen molar-refractivity contribution >= 4 is 29.9 Å². The van der Waals surface area contributed by atoms with E-state index in [2.05, 4.69) is 71.9 Å². The summed E-state index contributed by atoms with van der Waals surface area (Å²) in [5.41, 5.74) is 0. The van der Waals surface area contributed by atoms with Crippen LogP contribution in [0, 0.1) is 5.92 Å². The molecule has 1 saturated heterocycles. The van der Waals surface area contributed by atoms with Crippen molar-refractivity contribution in [2.45, 2.75) is 60.0 Å². The van der Waals surface area contributed by atoms with Crippen LogP contribution < -0.4 is 10.6 Å². The maximum atomic E-state index is 4.38. The number of rotatable bonds is 11. The SMILES string of the molecule is CCN1CCN(CC(C)CNC(=NC)NCCCN(C(C)C)C(C)C)CC1.I. The van der Waals surface area contributed by atoms with Crippen molar-refractivity contribution in [3.63, 3.8) is 0 Å². The van der Waals surface area contributed by atoms with Gasteiger partial charge >= 0.3 is 0 Å². The van der Waals surface area contributed by atoms with Crippen LogP contribution in [0.3, 0.4) is 0 Å². The minimum Gasteiger partial charge on any atom is -0.356 e. The van der Waals surface area contributed by atoms with E-state index in [1.54, 1.807) is 0 Å². The van der Waals surface area contributed by atoms with Crippen molar-refractivity contribution < 1.29 is 0 Å². The molecular weight excluding hydrogens is 463 g/mol. The number of guanidine groups is 1. The molecule has 1 fully saturated rings. The molecule has 0 spiro atoms. The Hall–Kier alpha value is -0.120. The van der Waals surface area contributed by atoms with E-state index in [-0.39, 0.29) is 24.0 Å². The predicted octanol–water partition coefficient (Wildman–Crippen LogP) is 2.55. The number of nitrogens with zero attached hydrogens (tertiary/aromatic N) is 4. The van der Waals surface area contributed by atoms with Gasteiger partial charge in [-0.3, -0.25) is 9.89 Å². The fourth-order valence-electron chi connectivity index (χ4n) is 3.87. The number of nitrogens with one attached hydrogen (secondary N) is 2. The third kappa shape index (κ3) is 11.2. The van der Waals surface area contributed by atoms with E-state index in [1.807, 2.05) is 7.05 Å². The fourth-order valence-corrected chi connectivity index (χ4v) is 3.87. The summed E-state index contributed by atoms with van der Waals surface area (Å²) in [4.78, 5) is 12.0. The van der Waals surface area contributed by atoms with Gasteiger partial charge in [0.1, 0.15) is 0 Å². The van der Waals surface area contributed by atoms with E-state index in [0.29, 0.717) is 18.0 Å². The number of aliphatic imine (C=N–C) groups is 1. The first-order valence-corrected chi connectivity index (χ1v) is 11.0. The van der Waals surface area contributed by atoms with Gasteiger partial charge in [-0.15, -0.1) is 24.0 Å². The number of halogens is 1. The molecule has 0 saturated carbocycles. The van der Waals surface area contributed by atoms with Crippen LogP contribution in [0.1, 0.15) is 48.0 Å². The van der Waals surface area contributed by atoms with Crippen LogP contribution in [-0.4, -0.2) is 98.7 Å². The summed E-state index contributed by atoms with van der Waals surface area (Å²) in [7, 11) is 1.86. The Morgan fingerprint density at radius 2 is 1.54 bits per heavy atom. The third-order valence-corrected chi connectivity index (χ3v) is 5.54. The second kappa shape index (κ2) is 15.7. The van der Waals surface area contributed by atoms with E-state index in [0.717, 1.165) is 32.0 Å². The lowest BCUT2D eigenvalue weighted by molar-refractivity contribution is 0.124. The molecule has 6 nitrogen and oxygen atoms in total. The summed E-state index contributed by atoms with van der Waals surface area (Å²) in [5.74, 6) is 1.55. The van der Waals surface area contributed by atoms with E-state index < -0.39 is 0 Å². The Morgan fingerprint density at radius 1 is 0.964 bits per heavy atom. The highest BCUT2D eigenvalue weighted by Gasteiger charge is 2.17. The number of piperazine rings is 1. The standard InChI is InChI=1S/C21H46N6.HI/c1-8-25-12-14-26(15-13-25)17-20(6)16-24-21(22-7)23-10-9-11-27(18(2)3)19(4)5;/h18-20H,8-17H2,1-7H3,(H2,22,23,24);1H. The Bertz CT molecular complexity index is 400. The molecule has 0 amide bonds. The van der Waals surface area contributed by atoms with Crippen molar-refractivity contribution in [2.24, 2.45) is 10.9 Å². The molecular formula is C21H47IN6. The van der Waals surface area contributed by atoms with Crippen molar-refractivity contribution in [1.82, 2.24) is 25.3 Å². The molecule has 0 aromatic rings. The molecule has 0 bridgehead atoms. The first kappa shape index (κ1) is 27.9. The summed E-state index contributed by atoms with van der Waals surface area (Å²) in [5, 5.41) is 6.97. The van der Waals surface area contributed by atoms with Crippen LogP contribution in [-0.2, 0) is 0 Å². The third-order valence-electron chi connectivity index (χ3n) is 5.54. The molecule has 1 atom stereocenters.